The summed E-state index contributed by atoms with van der Waals surface area (Å²) in [6, 6.07) is 5.93. The summed E-state index contributed by atoms with van der Waals surface area (Å²) in [5, 5.41) is 19.1. The molecule has 0 unspecified atom stereocenters. The molecule has 1 aliphatic carbocycles. The average Bonchev–Trinajstić information content (AvgIpc) is 3.19. The Morgan fingerprint density at radius 1 is 1.14 bits per heavy atom. The van der Waals surface area contributed by atoms with Crippen molar-refractivity contribution >= 4 is 11.6 Å². The van der Waals surface area contributed by atoms with Crippen molar-refractivity contribution in [2.24, 2.45) is 5.73 Å². The third kappa shape index (κ3) is 4.07. The topological polar surface area (TPSA) is 138 Å². The van der Waals surface area contributed by atoms with Crippen LogP contribution in [0.15, 0.2) is 36.9 Å². The highest BCUT2D eigenvalue weighted by molar-refractivity contribution is 5.69. The van der Waals surface area contributed by atoms with Crippen LogP contribution in [0, 0.1) is 11.3 Å². The molecule has 0 radical (unpaired) electrons. The zero-order chi connectivity index (χ0) is 19.3. The molecule has 0 spiro atoms. The van der Waals surface area contributed by atoms with E-state index in [0.717, 1.165) is 42.7 Å². The van der Waals surface area contributed by atoms with Gasteiger partial charge in [-0.05, 0) is 31.7 Å². The summed E-state index contributed by atoms with van der Waals surface area (Å²) in [7, 11) is 0. The first-order valence-corrected chi connectivity index (χ1v) is 9.12. The normalized spacial score (nSPS) is 19.0. The van der Waals surface area contributed by atoms with Gasteiger partial charge in [-0.1, -0.05) is 0 Å². The Hall–Kier alpha value is -3.51. The van der Waals surface area contributed by atoms with Crippen LogP contribution in [0.2, 0.25) is 0 Å². The average molecular weight is 376 g/mol. The van der Waals surface area contributed by atoms with Crippen LogP contribution in [-0.4, -0.2) is 37.3 Å². The predicted molar refractivity (Wildman–Crippen MR) is 103 cm³/mol. The number of H-pyrrole nitrogens is 1. The molecule has 1 aliphatic rings. The summed E-state index contributed by atoms with van der Waals surface area (Å²) in [5.74, 6) is 1.84. The van der Waals surface area contributed by atoms with Gasteiger partial charge in [-0.15, -0.1) is 0 Å². The number of pyridine rings is 1. The van der Waals surface area contributed by atoms with Crippen LogP contribution in [0.3, 0.4) is 0 Å². The Bertz CT molecular complexity index is 970. The summed E-state index contributed by atoms with van der Waals surface area (Å²) in [5.41, 5.74) is 7.86. The minimum absolute atomic E-state index is 0.162. The van der Waals surface area contributed by atoms with E-state index in [0.29, 0.717) is 11.6 Å². The number of aromatic nitrogens is 5. The maximum absolute atomic E-state index is 8.79. The molecule has 0 bridgehead atoms. The Kier molecular flexibility index (Phi) is 5.12. The Balaban J connectivity index is 1.49. The van der Waals surface area contributed by atoms with Crippen molar-refractivity contribution in [3.8, 4) is 23.1 Å². The van der Waals surface area contributed by atoms with Crippen LogP contribution in [0.5, 0.6) is 5.75 Å². The monoisotopic (exact) mass is 376 g/mol. The lowest BCUT2D eigenvalue weighted by Crippen LogP contribution is -2.31. The summed E-state index contributed by atoms with van der Waals surface area (Å²) in [6.07, 6.45) is 10.4. The standard InChI is InChI=1S/C19H20N8O/c20-8-13-9-24-19(11-23-13)25-18-7-16(26-27-18)15-10-22-6-5-17(15)28-14-3-1-12(21)2-4-14/h5-7,9-12,14H,1-4,21H2,(H2,24,25,26,27). The molecule has 4 rings (SSSR count). The second-order valence-corrected chi connectivity index (χ2v) is 6.72. The smallest absolute Gasteiger partial charge is 0.158 e. The molecule has 0 amide bonds. The molecule has 1 fully saturated rings. The van der Waals surface area contributed by atoms with E-state index in [1.54, 1.807) is 12.4 Å². The fraction of sp³-hybridized carbons (Fsp3) is 0.316. The van der Waals surface area contributed by atoms with E-state index in [2.05, 4.69) is 30.5 Å². The van der Waals surface area contributed by atoms with Gasteiger partial charge in [-0.3, -0.25) is 10.1 Å². The van der Waals surface area contributed by atoms with Crippen molar-refractivity contribution in [3.63, 3.8) is 0 Å². The first kappa shape index (κ1) is 17.9. The van der Waals surface area contributed by atoms with Crippen LogP contribution in [-0.2, 0) is 0 Å². The molecule has 9 nitrogen and oxygen atoms in total. The van der Waals surface area contributed by atoms with Crippen molar-refractivity contribution in [2.75, 3.05) is 5.32 Å². The van der Waals surface area contributed by atoms with Crippen molar-refractivity contribution in [1.29, 1.82) is 5.26 Å². The number of nitrogens with zero attached hydrogens (tertiary/aromatic N) is 5. The minimum Gasteiger partial charge on any atom is -0.490 e. The summed E-state index contributed by atoms with van der Waals surface area (Å²) in [4.78, 5) is 12.3. The first-order chi connectivity index (χ1) is 13.7. The van der Waals surface area contributed by atoms with Crippen molar-refractivity contribution in [3.05, 3.63) is 42.6 Å². The molecule has 0 aromatic carbocycles. The van der Waals surface area contributed by atoms with Crippen LogP contribution < -0.4 is 15.8 Å². The van der Waals surface area contributed by atoms with E-state index in [1.807, 2.05) is 18.2 Å². The van der Waals surface area contributed by atoms with Gasteiger partial charge in [0, 0.05) is 24.5 Å². The van der Waals surface area contributed by atoms with Gasteiger partial charge in [-0.2, -0.15) is 10.4 Å². The molecule has 3 aromatic heterocycles. The molecule has 4 N–H and O–H groups in total. The zero-order valence-corrected chi connectivity index (χ0v) is 15.2. The van der Waals surface area contributed by atoms with Gasteiger partial charge in [0.2, 0.25) is 0 Å². The lowest BCUT2D eigenvalue weighted by atomic mass is 9.93. The van der Waals surface area contributed by atoms with Crippen LogP contribution in [0.25, 0.3) is 11.3 Å². The fourth-order valence-electron chi connectivity index (χ4n) is 3.18. The Labute approximate surface area is 162 Å². The number of hydrogen-bond acceptors (Lipinski definition) is 8. The molecule has 142 valence electrons. The number of ether oxygens (including phenoxy) is 1. The van der Waals surface area contributed by atoms with E-state index < -0.39 is 0 Å². The van der Waals surface area contributed by atoms with Crippen LogP contribution >= 0.6 is 0 Å². The molecule has 0 saturated heterocycles. The summed E-state index contributed by atoms with van der Waals surface area (Å²) in [6.45, 7) is 0. The second-order valence-electron chi connectivity index (χ2n) is 6.72. The van der Waals surface area contributed by atoms with Crippen molar-refractivity contribution in [1.82, 2.24) is 25.1 Å². The maximum atomic E-state index is 8.79. The molecule has 28 heavy (non-hydrogen) atoms. The number of hydrogen-bond donors (Lipinski definition) is 3. The number of nitrogens with one attached hydrogen (secondary N) is 2. The van der Waals surface area contributed by atoms with Gasteiger partial charge in [0.15, 0.2) is 11.5 Å². The van der Waals surface area contributed by atoms with E-state index in [4.69, 9.17) is 15.7 Å². The molecular formula is C19H20N8O. The largest absolute Gasteiger partial charge is 0.490 e. The molecule has 3 aromatic rings. The fourth-order valence-corrected chi connectivity index (χ4v) is 3.18. The van der Waals surface area contributed by atoms with Crippen LogP contribution in [0.1, 0.15) is 31.4 Å². The highest BCUT2D eigenvalue weighted by atomic mass is 16.5. The first-order valence-electron chi connectivity index (χ1n) is 9.12. The maximum Gasteiger partial charge on any atom is 0.158 e. The van der Waals surface area contributed by atoms with E-state index >= 15 is 0 Å². The number of nitriles is 1. The summed E-state index contributed by atoms with van der Waals surface area (Å²) < 4.78 is 6.23. The highest BCUT2D eigenvalue weighted by Crippen LogP contribution is 2.32. The van der Waals surface area contributed by atoms with Gasteiger partial charge in [-0.25, -0.2) is 9.97 Å². The predicted octanol–water partition coefficient (Wildman–Crippen LogP) is 2.53. The third-order valence-corrected chi connectivity index (χ3v) is 4.68. The van der Waals surface area contributed by atoms with Crippen molar-refractivity contribution in [2.45, 2.75) is 37.8 Å². The zero-order valence-electron chi connectivity index (χ0n) is 15.2. The Morgan fingerprint density at radius 2 is 2.00 bits per heavy atom. The van der Waals surface area contributed by atoms with E-state index in [1.165, 1.54) is 12.4 Å². The number of nitrogens with two attached hydrogens (primary N) is 1. The number of rotatable bonds is 5. The molecule has 9 heteroatoms. The summed E-state index contributed by atoms with van der Waals surface area (Å²) >= 11 is 0. The number of anilines is 2. The minimum atomic E-state index is 0.162. The van der Waals surface area contributed by atoms with Crippen molar-refractivity contribution < 1.29 is 4.74 Å². The van der Waals surface area contributed by atoms with Gasteiger partial charge in [0.25, 0.3) is 0 Å². The second kappa shape index (κ2) is 8.02. The van der Waals surface area contributed by atoms with Gasteiger partial charge >= 0.3 is 0 Å². The van der Waals surface area contributed by atoms with E-state index in [9.17, 15) is 0 Å². The lowest BCUT2D eigenvalue weighted by Gasteiger charge is -2.27. The van der Waals surface area contributed by atoms with Gasteiger partial charge in [0.05, 0.1) is 29.8 Å². The van der Waals surface area contributed by atoms with E-state index in [-0.39, 0.29) is 17.8 Å². The SMILES string of the molecule is N#Cc1cnc(Nc2cc(-c3cnccc3OC3CCC(N)CC3)[nH]n2)cn1. The molecule has 3 heterocycles. The number of aromatic amines is 1. The van der Waals surface area contributed by atoms with Crippen LogP contribution in [0.4, 0.5) is 11.6 Å². The highest BCUT2D eigenvalue weighted by Gasteiger charge is 2.21. The molecular weight excluding hydrogens is 356 g/mol. The quantitative estimate of drug-likeness (QED) is 0.617. The van der Waals surface area contributed by atoms with Gasteiger partial charge < -0.3 is 15.8 Å². The molecule has 0 atom stereocenters. The molecule has 0 aliphatic heterocycles. The molecule has 1 saturated carbocycles. The Morgan fingerprint density at radius 3 is 2.75 bits per heavy atom. The third-order valence-electron chi connectivity index (χ3n) is 4.68. The lowest BCUT2D eigenvalue weighted by molar-refractivity contribution is 0.147. The van der Waals surface area contributed by atoms with Gasteiger partial charge in [0.1, 0.15) is 17.6 Å².